The van der Waals surface area contributed by atoms with E-state index >= 15 is 0 Å². The van der Waals surface area contributed by atoms with Crippen LogP contribution in [0.15, 0.2) is 48.5 Å². The van der Waals surface area contributed by atoms with Gasteiger partial charge in [0.2, 0.25) is 0 Å². The van der Waals surface area contributed by atoms with Crippen molar-refractivity contribution in [3.05, 3.63) is 64.7 Å². The normalized spacial score (nSPS) is 13.1. The van der Waals surface area contributed by atoms with Gasteiger partial charge in [-0.1, -0.05) is 61.8 Å². The van der Waals surface area contributed by atoms with Gasteiger partial charge in [-0.25, -0.2) is 0 Å². The number of methoxy groups -OCH3 is 1. The average molecular weight is 291 g/mol. The highest BCUT2D eigenvalue weighted by atomic mass is 35.5. The van der Waals surface area contributed by atoms with E-state index in [0.717, 1.165) is 11.1 Å². The van der Waals surface area contributed by atoms with Crippen LogP contribution in [0.4, 0.5) is 0 Å². The number of hydrogen-bond acceptors (Lipinski definition) is 2. The summed E-state index contributed by atoms with van der Waals surface area (Å²) in [7, 11) is 1.57. The molecule has 0 radical (unpaired) electrons. The summed E-state index contributed by atoms with van der Waals surface area (Å²) < 4.78 is 5.14. The second-order valence-electron chi connectivity index (χ2n) is 5.38. The molecule has 0 aliphatic heterocycles. The molecule has 1 unspecified atom stereocenters. The molecule has 20 heavy (non-hydrogen) atoms. The molecular formula is C17H19ClO2. The predicted molar refractivity (Wildman–Crippen MR) is 82.4 cm³/mol. The van der Waals surface area contributed by atoms with Crippen LogP contribution in [0.5, 0.6) is 5.75 Å². The SMILES string of the molecule is COc1ccc(C(O)C(C)(C)c2ccccc2)cc1Cl. The maximum atomic E-state index is 10.7. The first-order chi connectivity index (χ1) is 9.46. The van der Waals surface area contributed by atoms with Gasteiger partial charge in [0.1, 0.15) is 5.75 Å². The van der Waals surface area contributed by atoms with Crippen molar-refractivity contribution in [1.82, 2.24) is 0 Å². The van der Waals surface area contributed by atoms with Crippen LogP contribution in [0.2, 0.25) is 5.02 Å². The van der Waals surface area contributed by atoms with Crippen molar-refractivity contribution in [1.29, 1.82) is 0 Å². The zero-order chi connectivity index (χ0) is 14.8. The van der Waals surface area contributed by atoms with E-state index in [-0.39, 0.29) is 0 Å². The van der Waals surface area contributed by atoms with Gasteiger partial charge in [-0.2, -0.15) is 0 Å². The molecule has 0 saturated carbocycles. The number of aliphatic hydroxyl groups is 1. The Balaban J connectivity index is 2.35. The topological polar surface area (TPSA) is 29.5 Å². The van der Waals surface area contributed by atoms with E-state index in [1.54, 1.807) is 19.2 Å². The van der Waals surface area contributed by atoms with E-state index in [1.165, 1.54) is 0 Å². The van der Waals surface area contributed by atoms with Gasteiger partial charge in [0.05, 0.1) is 18.2 Å². The Morgan fingerprint density at radius 3 is 2.30 bits per heavy atom. The predicted octanol–water partition coefficient (Wildman–Crippen LogP) is 4.36. The zero-order valence-electron chi connectivity index (χ0n) is 11.9. The van der Waals surface area contributed by atoms with Crippen LogP contribution in [0.25, 0.3) is 0 Å². The molecule has 2 nitrogen and oxygen atoms in total. The van der Waals surface area contributed by atoms with E-state index in [0.29, 0.717) is 10.8 Å². The maximum absolute atomic E-state index is 10.7. The van der Waals surface area contributed by atoms with Crippen molar-refractivity contribution < 1.29 is 9.84 Å². The summed E-state index contributed by atoms with van der Waals surface area (Å²) in [5.41, 5.74) is 1.46. The van der Waals surface area contributed by atoms with Crippen molar-refractivity contribution in [2.24, 2.45) is 0 Å². The number of rotatable bonds is 4. The molecular weight excluding hydrogens is 272 g/mol. The molecule has 106 valence electrons. The van der Waals surface area contributed by atoms with E-state index in [9.17, 15) is 5.11 Å². The lowest BCUT2D eigenvalue weighted by atomic mass is 9.77. The highest BCUT2D eigenvalue weighted by Crippen LogP contribution is 2.38. The summed E-state index contributed by atoms with van der Waals surface area (Å²) in [6.07, 6.45) is -0.645. The Labute approximate surface area is 125 Å². The van der Waals surface area contributed by atoms with Gasteiger partial charge in [-0.3, -0.25) is 0 Å². The highest BCUT2D eigenvalue weighted by Gasteiger charge is 2.31. The summed E-state index contributed by atoms with van der Waals surface area (Å²) in [6, 6.07) is 15.4. The lowest BCUT2D eigenvalue weighted by molar-refractivity contribution is 0.100. The molecule has 0 spiro atoms. The average Bonchev–Trinajstić information content (AvgIpc) is 2.47. The van der Waals surface area contributed by atoms with Crippen LogP contribution in [-0.4, -0.2) is 12.2 Å². The Hall–Kier alpha value is -1.51. The first kappa shape index (κ1) is 14.9. The molecule has 0 amide bonds. The minimum absolute atomic E-state index is 0.404. The van der Waals surface area contributed by atoms with Gasteiger partial charge >= 0.3 is 0 Å². The zero-order valence-corrected chi connectivity index (χ0v) is 12.7. The van der Waals surface area contributed by atoms with Crippen LogP contribution in [0.1, 0.15) is 31.1 Å². The third-order valence-corrected chi connectivity index (χ3v) is 3.99. The molecule has 0 saturated heterocycles. The van der Waals surface area contributed by atoms with Gasteiger partial charge < -0.3 is 9.84 Å². The van der Waals surface area contributed by atoms with Crippen molar-refractivity contribution in [2.45, 2.75) is 25.4 Å². The van der Waals surface area contributed by atoms with E-state index in [2.05, 4.69) is 0 Å². The molecule has 0 heterocycles. The molecule has 0 aliphatic rings. The Kier molecular flexibility index (Phi) is 4.36. The van der Waals surface area contributed by atoms with Crippen LogP contribution < -0.4 is 4.74 Å². The quantitative estimate of drug-likeness (QED) is 0.906. The van der Waals surface area contributed by atoms with Crippen LogP contribution >= 0.6 is 11.6 Å². The third kappa shape index (κ3) is 2.82. The molecule has 1 N–H and O–H groups in total. The fourth-order valence-electron chi connectivity index (χ4n) is 2.29. The molecule has 0 bridgehead atoms. The molecule has 0 fully saturated rings. The van der Waals surface area contributed by atoms with E-state index in [1.807, 2.05) is 50.2 Å². The van der Waals surface area contributed by atoms with Crippen LogP contribution in [0.3, 0.4) is 0 Å². The fourth-order valence-corrected chi connectivity index (χ4v) is 2.56. The third-order valence-electron chi connectivity index (χ3n) is 3.69. The minimum atomic E-state index is -0.645. The minimum Gasteiger partial charge on any atom is -0.495 e. The number of halogens is 1. The Morgan fingerprint density at radius 2 is 1.75 bits per heavy atom. The fraction of sp³-hybridized carbons (Fsp3) is 0.294. The second kappa shape index (κ2) is 5.86. The largest absolute Gasteiger partial charge is 0.495 e. The summed E-state index contributed by atoms with van der Waals surface area (Å²) in [5.74, 6) is 0.611. The number of hydrogen-bond donors (Lipinski definition) is 1. The van der Waals surface area contributed by atoms with Crippen molar-refractivity contribution in [2.75, 3.05) is 7.11 Å². The van der Waals surface area contributed by atoms with Gasteiger partial charge in [-0.15, -0.1) is 0 Å². The first-order valence-electron chi connectivity index (χ1n) is 6.54. The van der Waals surface area contributed by atoms with Crippen molar-refractivity contribution in [3.8, 4) is 5.75 Å². The Morgan fingerprint density at radius 1 is 1.10 bits per heavy atom. The van der Waals surface area contributed by atoms with Crippen LogP contribution in [0, 0.1) is 0 Å². The summed E-state index contributed by atoms with van der Waals surface area (Å²) in [4.78, 5) is 0. The molecule has 3 heteroatoms. The molecule has 2 aromatic rings. The lowest BCUT2D eigenvalue weighted by Crippen LogP contribution is -2.26. The molecule has 0 aromatic heterocycles. The van der Waals surface area contributed by atoms with Gasteiger partial charge in [-0.05, 0) is 23.3 Å². The summed E-state index contributed by atoms with van der Waals surface area (Å²) in [6.45, 7) is 4.04. The number of ether oxygens (including phenoxy) is 1. The number of benzene rings is 2. The van der Waals surface area contributed by atoms with Gasteiger partial charge in [0.15, 0.2) is 0 Å². The summed E-state index contributed by atoms with van der Waals surface area (Å²) >= 11 is 6.13. The molecule has 0 aliphatic carbocycles. The van der Waals surface area contributed by atoms with Gasteiger partial charge in [0, 0.05) is 5.41 Å². The molecule has 2 aromatic carbocycles. The molecule has 2 rings (SSSR count). The van der Waals surface area contributed by atoms with Crippen LogP contribution in [-0.2, 0) is 5.41 Å². The maximum Gasteiger partial charge on any atom is 0.137 e. The monoisotopic (exact) mass is 290 g/mol. The first-order valence-corrected chi connectivity index (χ1v) is 6.91. The van der Waals surface area contributed by atoms with Crippen molar-refractivity contribution >= 4 is 11.6 Å². The standard InChI is InChI=1S/C17H19ClO2/c1-17(2,13-7-5-4-6-8-13)16(19)12-9-10-15(20-3)14(18)11-12/h4-11,16,19H,1-3H3. The highest BCUT2D eigenvalue weighted by molar-refractivity contribution is 6.32. The van der Waals surface area contributed by atoms with E-state index < -0.39 is 11.5 Å². The smallest absolute Gasteiger partial charge is 0.137 e. The van der Waals surface area contributed by atoms with E-state index in [4.69, 9.17) is 16.3 Å². The second-order valence-corrected chi connectivity index (χ2v) is 5.79. The lowest BCUT2D eigenvalue weighted by Gasteiger charge is -2.31. The molecule has 1 atom stereocenters. The van der Waals surface area contributed by atoms with Crippen molar-refractivity contribution in [3.63, 3.8) is 0 Å². The number of aliphatic hydroxyl groups excluding tert-OH is 1. The Bertz CT molecular complexity index is 579. The summed E-state index contributed by atoms with van der Waals surface area (Å²) in [5, 5.41) is 11.2. The van der Waals surface area contributed by atoms with Gasteiger partial charge in [0.25, 0.3) is 0 Å².